The van der Waals surface area contributed by atoms with Crippen molar-refractivity contribution in [3.63, 3.8) is 0 Å². The van der Waals surface area contributed by atoms with Crippen LogP contribution in [0.4, 0.5) is 0 Å². The van der Waals surface area contributed by atoms with E-state index in [-0.39, 0.29) is 11.9 Å². The van der Waals surface area contributed by atoms with Gasteiger partial charge in [-0.1, -0.05) is 37.3 Å². The van der Waals surface area contributed by atoms with Crippen LogP contribution in [-0.4, -0.2) is 19.1 Å². The molecule has 0 fully saturated rings. The molecule has 0 unspecified atom stereocenters. The molecule has 0 bridgehead atoms. The lowest BCUT2D eigenvalue weighted by Crippen LogP contribution is -2.27. The fraction of sp³-hybridized carbons (Fsp3) is 0.381. The van der Waals surface area contributed by atoms with Crippen molar-refractivity contribution in [2.45, 2.75) is 39.2 Å². The van der Waals surface area contributed by atoms with Crippen LogP contribution in [0.25, 0.3) is 0 Å². The van der Waals surface area contributed by atoms with Crippen LogP contribution in [-0.2, 0) is 17.6 Å². The number of benzene rings is 2. The Balaban J connectivity index is 1.53. The van der Waals surface area contributed by atoms with E-state index < -0.39 is 0 Å². The highest BCUT2D eigenvalue weighted by molar-refractivity contribution is 5.76. The van der Waals surface area contributed by atoms with Gasteiger partial charge in [0.25, 0.3) is 0 Å². The van der Waals surface area contributed by atoms with Gasteiger partial charge in [-0.2, -0.15) is 0 Å². The maximum atomic E-state index is 12.2. The van der Waals surface area contributed by atoms with Crippen LogP contribution >= 0.6 is 0 Å². The smallest absolute Gasteiger partial charge is 0.220 e. The highest BCUT2D eigenvalue weighted by atomic mass is 16.6. The zero-order valence-corrected chi connectivity index (χ0v) is 14.9. The zero-order chi connectivity index (χ0) is 17.6. The van der Waals surface area contributed by atoms with E-state index in [1.165, 1.54) is 11.1 Å². The largest absolute Gasteiger partial charge is 0.486 e. The summed E-state index contributed by atoms with van der Waals surface area (Å²) in [6.07, 6.45) is 2.28. The maximum absolute atomic E-state index is 12.2. The minimum Gasteiger partial charge on any atom is -0.486 e. The van der Waals surface area contributed by atoms with E-state index in [2.05, 4.69) is 36.5 Å². The molecule has 3 rings (SSSR count). The van der Waals surface area contributed by atoms with Crippen LogP contribution < -0.4 is 14.8 Å². The summed E-state index contributed by atoms with van der Waals surface area (Å²) < 4.78 is 11.1. The van der Waals surface area contributed by atoms with Gasteiger partial charge in [-0.05, 0) is 48.6 Å². The third kappa shape index (κ3) is 4.53. The molecule has 132 valence electrons. The number of carbonyl (C=O) groups is 1. The molecular weight excluding hydrogens is 314 g/mol. The lowest BCUT2D eigenvalue weighted by Gasteiger charge is -2.21. The third-order valence-electron chi connectivity index (χ3n) is 4.52. The van der Waals surface area contributed by atoms with Gasteiger partial charge in [-0.25, -0.2) is 0 Å². The van der Waals surface area contributed by atoms with E-state index in [1.807, 2.05) is 25.1 Å². The Morgan fingerprint density at radius 3 is 2.44 bits per heavy atom. The van der Waals surface area contributed by atoms with Crippen LogP contribution in [0, 0.1) is 0 Å². The molecule has 2 aromatic rings. The second kappa shape index (κ2) is 8.06. The van der Waals surface area contributed by atoms with Crippen molar-refractivity contribution in [2.24, 2.45) is 0 Å². The highest BCUT2D eigenvalue weighted by Crippen LogP contribution is 2.32. The van der Waals surface area contributed by atoms with Crippen LogP contribution in [0.3, 0.4) is 0 Å². The van der Waals surface area contributed by atoms with Gasteiger partial charge < -0.3 is 14.8 Å². The second-order valence-corrected chi connectivity index (χ2v) is 6.36. The number of aryl methyl sites for hydroxylation is 2. The number of carbonyl (C=O) groups excluding carboxylic acids is 1. The number of amides is 1. The molecule has 1 aliphatic rings. The van der Waals surface area contributed by atoms with Gasteiger partial charge in [-0.15, -0.1) is 0 Å². The van der Waals surface area contributed by atoms with Gasteiger partial charge in [0.15, 0.2) is 11.5 Å². The molecular formula is C21H25NO3. The number of hydrogen-bond donors (Lipinski definition) is 1. The summed E-state index contributed by atoms with van der Waals surface area (Å²) in [6, 6.07) is 14.2. The average molecular weight is 339 g/mol. The monoisotopic (exact) mass is 339 g/mol. The summed E-state index contributed by atoms with van der Waals surface area (Å²) in [4.78, 5) is 12.2. The van der Waals surface area contributed by atoms with Crippen LogP contribution in [0.1, 0.15) is 43.0 Å². The van der Waals surface area contributed by atoms with Crippen molar-refractivity contribution in [3.8, 4) is 11.5 Å². The molecule has 0 saturated carbocycles. The predicted molar refractivity (Wildman–Crippen MR) is 98.1 cm³/mol. The van der Waals surface area contributed by atoms with Gasteiger partial charge in [0.05, 0.1) is 6.04 Å². The van der Waals surface area contributed by atoms with Crippen molar-refractivity contribution in [1.29, 1.82) is 0 Å². The Morgan fingerprint density at radius 2 is 1.72 bits per heavy atom. The van der Waals surface area contributed by atoms with Crippen molar-refractivity contribution < 1.29 is 14.3 Å². The van der Waals surface area contributed by atoms with E-state index in [4.69, 9.17) is 9.47 Å². The van der Waals surface area contributed by atoms with Gasteiger partial charge in [0.2, 0.25) is 5.91 Å². The quantitative estimate of drug-likeness (QED) is 0.870. The van der Waals surface area contributed by atoms with E-state index in [1.54, 1.807) is 0 Å². The highest BCUT2D eigenvalue weighted by Gasteiger charge is 2.15. The Hall–Kier alpha value is -2.49. The summed E-state index contributed by atoms with van der Waals surface area (Å²) in [5.74, 6) is 1.58. The minimum absolute atomic E-state index is 0.0574. The number of hydrogen-bond acceptors (Lipinski definition) is 3. The Morgan fingerprint density at radius 1 is 1.04 bits per heavy atom. The summed E-state index contributed by atoms with van der Waals surface area (Å²) >= 11 is 0. The Labute approximate surface area is 149 Å². The number of fused-ring (bicyclic) bond motifs is 1. The molecule has 4 heteroatoms. The molecule has 0 saturated heterocycles. The summed E-state index contributed by atoms with van der Waals surface area (Å²) in [7, 11) is 0. The lowest BCUT2D eigenvalue weighted by molar-refractivity contribution is -0.121. The van der Waals surface area contributed by atoms with Crippen molar-refractivity contribution in [3.05, 3.63) is 59.2 Å². The molecule has 4 nitrogen and oxygen atoms in total. The van der Waals surface area contributed by atoms with E-state index in [0.717, 1.165) is 29.9 Å². The number of rotatable bonds is 6. The molecule has 1 heterocycles. The van der Waals surface area contributed by atoms with Crippen LogP contribution in [0.5, 0.6) is 11.5 Å². The fourth-order valence-electron chi connectivity index (χ4n) is 2.93. The first-order valence-electron chi connectivity index (χ1n) is 8.92. The molecule has 1 aliphatic heterocycles. The Kier molecular flexibility index (Phi) is 5.59. The van der Waals surface area contributed by atoms with Gasteiger partial charge in [0, 0.05) is 6.42 Å². The molecule has 2 aromatic carbocycles. The standard InChI is InChI=1S/C21H25NO3/c1-3-16-4-6-17(7-5-16)8-11-21(23)22-15(2)18-9-10-19-20(14-18)25-13-12-24-19/h4-7,9-10,14-15H,3,8,11-13H2,1-2H3,(H,22,23)/t15-/m1/s1. The van der Waals surface area contributed by atoms with Crippen molar-refractivity contribution in [1.82, 2.24) is 5.32 Å². The zero-order valence-electron chi connectivity index (χ0n) is 14.9. The maximum Gasteiger partial charge on any atom is 0.220 e. The molecule has 25 heavy (non-hydrogen) atoms. The number of nitrogens with one attached hydrogen (secondary N) is 1. The first kappa shape index (κ1) is 17.3. The molecule has 1 amide bonds. The summed E-state index contributed by atoms with van der Waals surface area (Å²) in [5.41, 5.74) is 3.53. The van der Waals surface area contributed by atoms with Gasteiger partial charge >= 0.3 is 0 Å². The molecule has 0 spiro atoms. The Bertz CT molecular complexity index is 724. The van der Waals surface area contributed by atoms with Gasteiger partial charge in [0.1, 0.15) is 13.2 Å². The van der Waals surface area contributed by atoms with Gasteiger partial charge in [-0.3, -0.25) is 4.79 Å². The lowest BCUT2D eigenvalue weighted by atomic mass is 10.0. The summed E-state index contributed by atoms with van der Waals surface area (Å²) in [6.45, 7) is 5.27. The molecule has 1 atom stereocenters. The molecule has 0 radical (unpaired) electrons. The predicted octanol–water partition coefficient (Wildman–Crippen LogP) is 3.83. The number of ether oxygens (including phenoxy) is 2. The third-order valence-corrected chi connectivity index (χ3v) is 4.52. The van der Waals surface area contributed by atoms with Crippen LogP contribution in [0.15, 0.2) is 42.5 Å². The van der Waals surface area contributed by atoms with Crippen molar-refractivity contribution >= 4 is 5.91 Å². The first-order chi connectivity index (χ1) is 12.2. The van der Waals surface area contributed by atoms with E-state index in [9.17, 15) is 4.79 Å². The van der Waals surface area contributed by atoms with Crippen LogP contribution in [0.2, 0.25) is 0 Å². The summed E-state index contributed by atoms with van der Waals surface area (Å²) in [5, 5.41) is 3.06. The van der Waals surface area contributed by atoms with E-state index >= 15 is 0 Å². The SMILES string of the molecule is CCc1ccc(CCC(=O)N[C@H](C)c2ccc3c(c2)OCCO3)cc1. The van der Waals surface area contributed by atoms with E-state index in [0.29, 0.717) is 19.6 Å². The fourth-order valence-corrected chi connectivity index (χ4v) is 2.93. The van der Waals surface area contributed by atoms with Crippen molar-refractivity contribution in [2.75, 3.05) is 13.2 Å². The molecule has 0 aromatic heterocycles. The minimum atomic E-state index is -0.0641. The topological polar surface area (TPSA) is 47.6 Å². The first-order valence-corrected chi connectivity index (χ1v) is 8.92. The molecule has 1 N–H and O–H groups in total. The normalized spacial score (nSPS) is 14.0. The average Bonchev–Trinajstić information content (AvgIpc) is 2.66. The molecule has 0 aliphatic carbocycles. The second-order valence-electron chi connectivity index (χ2n) is 6.36.